The van der Waals surface area contributed by atoms with Crippen LogP contribution in [0.4, 0.5) is 5.95 Å². The molecule has 6 heteroatoms. The molecule has 2 rings (SSSR count). The van der Waals surface area contributed by atoms with Crippen molar-refractivity contribution in [2.24, 2.45) is 0 Å². The van der Waals surface area contributed by atoms with Crippen LogP contribution in [-0.2, 0) is 6.54 Å². The van der Waals surface area contributed by atoms with Gasteiger partial charge in [-0.05, 0) is 20.3 Å². The van der Waals surface area contributed by atoms with Gasteiger partial charge in [0.1, 0.15) is 5.76 Å². The highest BCUT2D eigenvalue weighted by atomic mass is 16.5. The fraction of sp³-hybridized carbons (Fsp3) is 0.462. The number of hydrogen-bond acceptors (Lipinski definition) is 6. The van der Waals surface area contributed by atoms with Crippen LogP contribution in [-0.4, -0.2) is 21.6 Å². The number of nitrogens with zero attached hydrogens (tertiary/aromatic N) is 3. The summed E-state index contributed by atoms with van der Waals surface area (Å²) < 4.78 is 10.9. The Bertz CT molecular complexity index is 539. The van der Waals surface area contributed by atoms with E-state index in [9.17, 15) is 0 Å². The number of nitrogens with one attached hydrogen (secondary N) is 1. The first-order chi connectivity index (χ1) is 9.17. The number of hydrogen-bond donors (Lipinski definition) is 1. The van der Waals surface area contributed by atoms with E-state index in [1.54, 1.807) is 6.20 Å². The van der Waals surface area contributed by atoms with Crippen LogP contribution in [0.2, 0.25) is 0 Å². The maximum atomic E-state index is 5.50. The molecule has 102 valence electrons. The molecule has 2 heterocycles. The Morgan fingerprint density at radius 2 is 2.16 bits per heavy atom. The number of anilines is 1. The molecule has 1 N–H and O–H groups in total. The summed E-state index contributed by atoms with van der Waals surface area (Å²) in [6, 6.07) is 1.82. The average Bonchev–Trinajstić information content (AvgIpc) is 2.79. The van der Waals surface area contributed by atoms with Gasteiger partial charge < -0.3 is 14.5 Å². The second-order valence-electron chi connectivity index (χ2n) is 4.24. The smallest absolute Gasteiger partial charge is 0.226 e. The molecule has 0 aliphatic heterocycles. The number of aromatic nitrogens is 3. The lowest BCUT2D eigenvalue weighted by Crippen LogP contribution is -2.06. The summed E-state index contributed by atoms with van der Waals surface area (Å²) in [7, 11) is 0. The predicted octanol–water partition coefficient (Wildman–Crippen LogP) is 2.48. The van der Waals surface area contributed by atoms with E-state index in [0.717, 1.165) is 17.9 Å². The van der Waals surface area contributed by atoms with Crippen molar-refractivity contribution in [3.05, 3.63) is 29.6 Å². The van der Waals surface area contributed by atoms with Crippen LogP contribution >= 0.6 is 0 Å². The highest BCUT2D eigenvalue weighted by Crippen LogP contribution is 2.13. The summed E-state index contributed by atoms with van der Waals surface area (Å²) in [5.74, 6) is 2.50. The van der Waals surface area contributed by atoms with Gasteiger partial charge >= 0.3 is 0 Å². The average molecular weight is 262 g/mol. The van der Waals surface area contributed by atoms with E-state index < -0.39 is 0 Å². The van der Waals surface area contributed by atoms with E-state index in [1.807, 2.05) is 19.9 Å². The van der Waals surface area contributed by atoms with Gasteiger partial charge in [0.2, 0.25) is 17.7 Å². The molecule has 0 aliphatic carbocycles. The largest absolute Gasteiger partial charge is 0.478 e. The molecule has 0 saturated carbocycles. The molecule has 0 spiro atoms. The van der Waals surface area contributed by atoms with Crippen molar-refractivity contribution in [3.8, 4) is 5.88 Å². The van der Waals surface area contributed by atoms with Gasteiger partial charge in [0.05, 0.1) is 19.3 Å². The summed E-state index contributed by atoms with van der Waals surface area (Å²) in [5, 5.41) is 3.07. The van der Waals surface area contributed by atoms with Crippen LogP contribution in [0.5, 0.6) is 5.88 Å². The second kappa shape index (κ2) is 6.17. The normalized spacial score (nSPS) is 10.5. The summed E-state index contributed by atoms with van der Waals surface area (Å²) in [4.78, 5) is 12.7. The van der Waals surface area contributed by atoms with Gasteiger partial charge in [0, 0.05) is 11.8 Å². The fourth-order valence-corrected chi connectivity index (χ4v) is 1.54. The van der Waals surface area contributed by atoms with E-state index in [2.05, 4.69) is 27.2 Å². The zero-order chi connectivity index (χ0) is 13.7. The lowest BCUT2D eigenvalue weighted by molar-refractivity contribution is 0.305. The summed E-state index contributed by atoms with van der Waals surface area (Å²) in [6.45, 7) is 6.91. The molecule has 19 heavy (non-hydrogen) atoms. The van der Waals surface area contributed by atoms with Gasteiger partial charge in [-0.25, -0.2) is 9.97 Å². The molecule has 0 amide bonds. The summed E-state index contributed by atoms with van der Waals surface area (Å²) in [5.41, 5.74) is 0.854. The number of aryl methyl sites for hydroxylation is 2. The highest BCUT2D eigenvalue weighted by Gasteiger charge is 2.05. The summed E-state index contributed by atoms with van der Waals surface area (Å²) >= 11 is 0. The van der Waals surface area contributed by atoms with Crippen LogP contribution in [0.15, 0.2) is 16.7 Å². The van der Waals surface area contributed by atoms with Crippen LogP contribution in [0, 0.1) is 13.8 Å². The molecule has 0 bridgehead atoms. The van der Waals surface area contributed by atoms with Gasteiger partial charge in [-0.3, -0.25) is 0 Å². The van der Waals surface area contributed by atoms with Gasteiger partial charge in [-0.1, -0.05) is 6.92 Å². The van der Waals surface area contributed by atoms with Crippen molar-refractivity contribution in [1.82, 2.24) is 15.0 Å². The lowest BCUT2D eigenvalue weighted by atomic mass is 10.4. The Kier molecular flexibility index (Phi) is 4.33. The fourth-order valence-electron chi connectivity index (χ4n) is 1.54. The first-order valence-electron chi connectivity index (χ1n) is 6.31. The Morgan fingerprint density at radius 1 is 1.32 bits per heavy atom. The van der Waals surface area contributed by atoms with E-state index in [0.29, 0.717) is 30.9 Å². The lowest BCUT2D eigenvalue weighted by Gasteiger charge is -2.07. The third-order valence-corrected chi connectivity index (χ3v) is 2.35. The topological polar surface area (TPSA) is 73.1 Å². The van der Waals surface area contributed by atoms with Gasteiger partial charge in [-0.15, -0.1) is 0 Å². The first kappa shape index (κ1) is 13.3. The molecule has 0 aromatic carbocycles. The SMILES string of the molecule is CCCOc1cc(C)nc(NCc2ncc(C)o2)n1. The molecular weight excluding hydrogens is 244 g/mol. The van der Waals surface area contributed by atoms with Gasteiger partial charge in [0.15, 0.2) is 0 Å². The van der Waals surface area contributed by atoms with Gasteiger partial charge in [-0.2, -0.15) is 4.98 Å². The number of rotatable bonds is 6. The highest BCUT2D eigenvalue weighted by molar-refractivity contribution is 5.30. The standard InChI is InChI=1S/C13H18N4O2/c1-4-5-18-11-6-9(2)16-13(17-11)15-8-12-14-7-10(3)19-12/h6-7H,4-5,8H2,1-3H3,(H,15,16,17). The van der Waals surface area contributed by atoms with Crippen LogP contribution < -0.4 is 10.1 Å². The monoisotopic (exact) mass is 262 g/mol. The Labute approximate surface area is 112 Å². The minimum absolute atomic E-state index is 0.449. The van der Waals surface area contributed by atoms with Gasteiger partial charge in [0.25, 0.3) is 0 Å². The molecule has 0 atom stereocenters. The molecule has 0 unspecified atom stereocenters. The van der Waals surface area contributed by atoms with Crippen molar-refractivity contribution in [2.75, 3.05) is 11.9 Å². The van der Waals surface area contributed by atoms with E-state index >= 15 is 0 Å². The van der Waals surface area contributed by atoms with Crippen molar-refractivity contribution in [1.29, 1.82) is 0 Å². The third-order valence-electron chi connectivity index (χ3n) is 2.35. The van der Waals surface area contributed by atoms with E-state index in [-0.39, 0.29) is 0 Å². The van der Waals surface area contributed by atoms with Crippen molar-refractivity contribution in [2.45, 2.75) is 33.7 Å². The maximum absolute atomic E-state index is 5.50. The minimum atomic E-state index is 0.449. The molecule has 0 radical (unpaired) electrons. The summed E-state index contributed by atoms with van der Waals surface area (Å²) in [6.07, 6.45) is 2.63. The van der Waals surface area contributed by atoms with Crippen LogP contribution in [0.1, 0.15) is 30.7 Å². The quantitative estimate of drug-likeness (QED) is 0.862. The predicted molar refractivity (Wildman–Crippen MR) is 71.1 cm³/mol. The third kappa shape index (κ3) is 3.94. The molecular formula is C13H18N4O2. The Hall–Kier alpha value is -2.11. The van der Waals surface area contributed by atoms with Crippen LogP contribution in [0.25, 0.3) is 0 Å². The molecule has 0 fully saturated rings. The van der Waals surface area contributed by atoms with Crippen molar-refractivity contribution in [3.63, 3.8) is 0 Å². The van der Waals surface area contributed by atoms with Crippen molar-refractivity contribution >= 4 is 5.95 Å². The molecule has 6 nitrogen and oxygen atoms in total. The first-order valence-corrected chi connectivity index (χ1v) is 6.31. The molecule has 0 saturated heterocycles. The molecule has 2 aromatic heterocycles. The second-order valence-corrected chi connectivity index (χ2v) is 4.24. The molecule has 2 aromatic rings. The van der Waals surface area contributed by atoms with E-state index in [4.69, 9.17) is 9.15 Å². The number of ether oxygens (including phenoxy) is 1. The zero-order valence-corrected chi connectivity index (χ0v) is 11.4. The van der Waals surface area contributed by atoms with Crippen molar-refractivity contribution < 1.29 is 9.15 Å². The maximum Gasteiger partial charge on any atom is 0.226 e. The Morgan fingerprint density at radius 3 is 2.84 bits per heavy atom. The Balaban J connectivity index is 2.01. The minimum Gasteiger partial charge on any atom is -0.478 e. The van der Waals surface area contributed by atoms with E-state index in [1.165, 1.54) is 0 Å². The molecule has 0 aliphatic rings. The zero-order valence-electron chi connectivity index (χ0n) is 11.4. The van der Waals surface area contributed by atoms with Crippen LogP contribution in [0.3, 0.4) is 0 Å². The number of oxazole rings is 1.